The highest BCUT2D eigenvalue weighted by atomic mass is 16.5. The molecule has 0 bridgehead atoms. The second-order valence-electron chi connectivity index (χ2n) is 6.62. The molecule has 2 aromatic heterocycles. The zero-order valence-electron chi connectivity index (χ0n) is 13.6. The quantitative estimate of drug-likeness (QED) is 0.885. The molecule has 1 saturated heterocycles. The third-order valence-electron chi connectivity index (χ3n) is 4.65. The monoisotopic (exact) mass is 326 g/mol. The highest BCUT2D eigenvalue weighted by molar-refractivity contribution is 5.92. The minimum Gasteiger partial charge on any atom is -0.376 e. The van der Waals surface area contributed by atoms with Gasteiger partial charge in [-0.15, -0.1) is 0 Å². The Kier molecular flexibility index (Phi) is 4.30. The van der Waals surface area contributed by atoms with E-state index in [0.29, 0.717) is 24.7 Å². The molecule has 1 saturated carbocycles. The molecular weight excluding hydrogens is 304 g/mol. The predicted octanol–water partition coefficient (Wildman–Crippen LogP) is 2.50. The molecule has 6 nitrogen and oxygen atoms in total. The first-order valence-corrected chi connectivity index (χ1v) is 8.65. The second kappa shape index (κ2) is 6.73. The number of aromatic nitrogens is 3. The van der Waals surface area contributed by atoms with Gasteiger partial charge in [-0.25, -0.2) is 0 Å². The van der Waals surface area contributed by atoms with Crippen LogP contribution in [-0.2, 0) is 11.3 Å². The Labute approximate surface area is 141 Å². The van der Waals surface area contributed by atoms with Gasteiger partial charge in [0.1, 0.15) is 5.69 Å². The number of amides is 1. The van der Waals surface area contributed by atoms with E-state index in [1.54, 1.807) is 6.20 Å². The minimum atomic E-state index is -0.0562. The van der Waals surface area contributed by atoms with Crippen molar-refractivity contribution in [3.05, 3.63) is 47.5 Å². The number of hydrogen-bond acceptors (Lipinski definition) is 4. The Morgan fingerprint density at radius 2 is 2.25 bits per heavy atom. The molecule has 1 amide bonds. The molecule has 2 aromatic rings. The van der Waals surface area contributed by atoms with E-state index in [-0.39, 0.29) is 12.0 Å². The van der Waals surface area contributed by atoms with Crippen molar-refractivity contribution < 1.29 is 9.53 Å². The van der Waals surface area contributed by atoms with Crippen molar-refractivity contribution in [1.82, 2.24) is 20.1 Å². The van der Waals surface area contributed by atoms with Gasteiger partial charge in [0.25, 0.3) is 5.91 Å². The highest BCUT2D eigenvalue weighted by Gasteiger charge is 2.29. The normalized spacial score (nSPS) is 20.2. The smallest absolute Gasteiger partial charge is 0.274 e. The third-order valence-corrected chi connectivity index (χ3v) is 4.65. The average molecular weight is 326 g/mol. The van der Waals surface area contributed by atoms with Crippen molar-refractivity contribution in [2.24, 2.45) is 0 Å². The molecule has 1 N–H and O–H groups in total. The largest absolute Gasteiger partial charge is 0.376 e. The number of hydrogen-bond donors (Lipinski definition) is 1. The zero-order chi connectivity index (χ0) is 16.4. The fourth-order valence-corrected chi connectivity index (χ4v) is 3.15. The lowest BCUT2D eigenvalue weighted by atomic mass is 10.2. The summed E-state index contributed by atoms with van der Waals surface area (Å²) in [5, 5.41) is 7.25. The lowest BCUT2D eigenvalue weighted by molar-refractivity contribution is 0.0500. The van der Waals surface area contributed by atoms with E-state index in [9.17, 15) is 4.79 Å². The molecule has 126 valence electrons. The SMILES string of the molecule is O=C(c1cc(C2CC2)[nH]n1)N(Cc1ccccn1)C[C@H]1CCCO1. The molecule has 2 aliphatic rings. The molecule has 0 unspecified atom stereocenters. The standard InChI is InChI=1S/C18H22N4O2/c23-18(17-10-16(20-21-17)13-6-7-13)22(12-15-5-3-9-24-15)11-14-4-1-2-8-19-14/h1-2,4,8,10,13,15H,3,5-7,9,11-12H2,(H,20,21)/t15-/m1/s1. The number of carbonyl (C=O) groups is 1. The summed E-state index contributed by atoms with van der Waals surface area (Å²) >= 11 is 0. The minimum absolute atomic E-state index is 0.0562. The van der Waals surface area contributed by atoms with E-state index in [4.69, 9.17) is 4.74 Å². The van der Waals surface area contributed by atoms with Crippen molar-refractivity contribution in [3.8, 4) is 0 Å². The molecule has 0 radical (unpaired) electrons. The van der Waals surface area contributed by atoms with Crippen molar-refractivity contribution in [2.45, 2.75) is 44.2 Å². The van der Waals surface area contributed by atoms with Gasteiger partial charge in [-0.3, -0.25) is 14.9 Å². The first-order valence-electron chi connectivity index (χ1n) is 8.65. The van der Waals surface area contributed by atoms with Crippen molar-refractivity contribution in [2.75, 3.05) is 13.2 Å². The average Bonchev–Trinajstić information content (AvgIpc) is 3.11. The van der Waals surface area contributed by atoms with Crippen LogP contribution in [0.5, 0.6) is 0 Å². The van der Waals surface area contributed by atoms with E-state index in [2.05, 4.69) is 15.2 Å². The lowest BCUT2D eigenvalue weighted by Gasteiger charge is -2.24. The topological polar surface area (TPSA) is 71.1 Å². The molecule has 24 heavy (non-hydrogen) atoms. The number of nitrogens with one attached hydrogen (secondary N) is 1. The van der Waals surface area contributed by atoms with E-state index in [1.165, 1.54) is 12.8 Å². The summed E-state index contributed by atoms with van der Waals surface area (Å²) in [7, 11) is 0. The molecule has 1 aliphatic carbocycles. The maximum atomic E-state index is 13.0. The number of ether oxygens (including phenoxy) is 1. The maximum absolute atomic E-state index is 13.0. The summed E-state index contributed by atoms with van der Waals surface area (Å²) < 4.78 is 5.72. The summed E-state index contributed by atoms with van der Waals surface area (Å²) in [6.07, 6.45) is 6.29. The number of carbonyl (C=O) groups excluding carboxylic acids is 1. The Morgan fingerprint density at radius 3 is 2.96 bits per heavy atom. The van der Waals surface area contributed by atoms with Crippen LogP contribution >= 0.6 is 0 Å². The van der Waals surface area contributed by atoms with Crippen LogP contribution in [0, 0.1) is 0 Å². The first kappa shape index (κ1) is 15.3. The van der Waals surface area contributed by atoms with E-state index in [1.807, 2.05) is 29.2 Å². The van der Waals surface area contributed by atoms with Gasteiger partial charge < -0.3 is 9.64 Å². The van der Waals surface area contributed by atoms with Gasteiger partial charge in [-0.05, 0) is 43.9 Å². The van der Waals surface area contributed by atoms with Crippen molar-refractivity contribution >= 4 is 5.91 Å². The third kappa shape index (κ3) is 3.48. The second-order valence-corrected chi connectivity index (χ2v) is 6.62. The van der Waals surface area contributed by atoms with Gasteiger partial charge in [0.05, 0.1) is 18.3 Å². The Morgan fingerprint density at radius 1 is 1.33 bits per heavy atom. The fourth-order valence-electron chi connectivity index (χ4n) is 3.15. The number of rotatable bonds is 6. The van der Waals surface area contributed by atoms with Crippen molar-refractivity contribution in [3.63, 3.8) is 0 Å². The molecule has 0 aromatic carbocycles. The van der Waals surface area contributed by atoms with Crippen LogP contribution in [0.15, 0.2) is 30.5 Å². The van der Waals surface area contributed by atoms with Crippen LogP contribution in [0.25, 0.3) is 0 Å². The Balaban J connectivity index is 1.51. The number of H-pyrrole nitrogens is 1. The van der Waals surface area contributed by atoms with Crippen molar-refractivity contribution in [1.29, 1.82) is 0 Å². The number of aromatic amines is 1. The Hall–Kier alpha value is -2.21. The van der Waals surface area contributed by atoms with Crippen LogP contribution in [0.3, 0.4) is 0 Å². The summed E-state index contributed by atoms with van der Waals surface area (Å²) in [6.45, 7) is 1.84. The van der Waals surface area contributed by atoms with Gasteiger partial charge in [-0.1, -0.05) is 6.07 Å². The fraction of sp³-hybridized carbons (Fsp3) is 0.500. The number of pyridine rings is 1. The van der Waals surface area contributed by atoms with Gasteiger partial charge >= 0.3 is 0 Å². The van der Waals surface area contributed by atoms with Gasteiger partial charge in [0.15, 0.2) is 0 Å². The molecule has 2 fully saturated rings. The molecule has 1 atom stereocenters. The van der Waals surface area contributed by atoms with E-state index < -0.39 is 0 Å². The predicted molar refractivity (Wildman–Crippen MR) is 88.5 cm³/mol. The van der Waals surface area contributed by atoms with E-state index >= 15 is 0 Å². The molecule has 1 aliphatic heterocycles. The van der Waals surface area contributed by atoms with Crippen LogP contribution in [0.2, 0.25) is 0 Å². The molecule has 6 heteroatoms. The van der Waals surface area contributed by atoms with Gasteiger partial charge in [0.2, 0.25) is 0 Å². The summed E-state index contributed by atoms with van der Waals surface area (Å²) in [6, 6.07) is 7.67. The summed E-state index contributed by atoms with van der Waals surface area (Å²) in [5.41, 5.74) is 2.45. The first-order chi connectivity index (χ1) is 11.8. The summed E-state index contributed by atoms with van der Waals surface area (Å²) in [4.78, 5) is 19.1. The van der Waals surface area contributed by atoms with Crippen LogP contribution in [0.4, 0.5) is 0 Å². The van der Waals surface area contributed by atoms with Crippen LogP contribution < -0.4 is 0 Å². The molecule has 3 heterocycles. The summed E-state index contributed by atoms with van der Waals surface area (Å²) in [5.74, 6) is 0.501. The molecular formula is C18H22N4O2. The Bertz CT molecular complexity index is 690. The zero-order valence-corrected chi connectivity index (χ0v) is 13.6. The number of nitrogens with zero attached hydrogens (tertiary/aromatic N) is 3. The van der Waals surface area contributed by atoms with Crippen LogP contribution in [-0.4, -0.2) is 45.2 Å². The van der Waals surface area contributed by atoms with Gasteiger partial charge in [-0.2, -0.15) is 5.10 Å². The van der Waals surface area contributed by atoms with Gasteiger partial charge in [0, 0.05) is 31.0 Å². The maximum Gasteiger partial charge on any atom is 0.274 e. The molecule has 4 rings (SSSR count). The van der Waals surface area contributed by atoms with E-state index in [0.717, 1.165) is 30.8 Å². The lowest BCUT2D eigenvalue weighted by Crippen LogP contribution is -2.37. The highest BCUT2D eigenvalue weighted by Crippen LogP contribution is 2.39. The van der Waals surface area contributed by atoms with Crippen LogP contribution in [0.1, 0.15) is 53.5 Å². The molecule has 0 spiro atoms.